The normalized spacial score (nSPS) is 16.8. The minimum absolute atomic E-state index is 0.00424. The molecule has 2 fully saturated rings. The number of nitrogens with one attached hydrogen (secondary N) is 12. The van der Waals surface area contributed by atoms with E-state index in [0.29, 0.717) is 24.0 Å². The number of likely N-dealkylation sites (tertiary alicyclic amines) is 1. The van der Waals surface area contributed by atoms with E-state index in [-0.39, 0.29) is 157 Å². The monoisotopic (exact) mass is 1650 g/mol. The highest BCUT2D eigenvalue weighted by Gasteiger charge is 2.42. The van der Waals surface area contributed by atoms with Crippen molar-refractivity contribution >= 4 is 107 Å². The summed E-state index contributed by atoms with van der Waals surface area (Å²) in [6, 6.07) is -7.87. The van der Waals surface area contributed by atoms with Gasteiger partial charge in [-0.2, -0.15) is 0 Å². The molecule has 0 unspecified atom stereocenters. The van der Waals surface area contributed by atoms with E-state index in [1.807, 2.05) is 0 Å². The van der Waals surface area contributed by atoms with Crippen molar-refractivity contribution in [3.8, 4) is 11.5 Å². The van der Waals surface area contributed by atoms with Gasteiger partial charge in [-0.3, -0.25) is 81.9 Å². The van der Waals surface area contributed by atoms with Crippen molar-refractivity contribution in [2.24, 2.45) is 62.1 Å². The summed E-state index contributed by atoms with van der Waals surface area (Å²) >= 11 is 0. The number of carbonyl (C=O) groups excluding carboxylic acids is 14. The summed E-state index contributed by atoms with van der Waals surface area (Å²) in [5.41, 5.74) is 34.7. The highest BCUT2D eigenvalue weighted by molar-refractivity contribution is 6.01. The van der Waals surface area contributed by atoms with Crippen LogP contribution >= 0.6 is 0 Å². The van der Waals surface area contributed by atoms with Crippen LogP contribution in [0.5, 0.6) is 11.5 Å². The highest BCUT2D eigenvalue weighted by atomic mass is 16.4. The van der Waals surface area contributed by atoms with E-state index in [4.69, 9.17) is 34.4 Å². The molecule has 0 radical (unpaired) electrons. The van der Waals surface area contributed by atoms with E-state index in [0.717, 1.165) is 4.90 Å². The maximum Gasteiger partial charge on any atom is 0.326 e. The predicted octanol–water partition coefficient (Wildman–Crippen LogP) is -4.30. The summed E-state index contributed by atoms with van der Waals surface area (Å²) in [4.78, 5) is 231. The van der Waals surface area contributed by atoms with E-state index in [1.165, 1.54) is 55.5 Å². The van der Waals surface area contributed by atoms with Crippen molar-refractivity contribution in [2.75, 3.05) is 26.2 Å². The van der Waals surface area contributed by atoms with Gasteiger partial charge in [0.15, 0.2) is 11.9 Å². The molecule has 0 aromatic heterocycles. The van der Waals surface area contributed by atoms with E-state index in [9.17, 15) is 97.1 Å². The van der Waals surface area contributed by atoms with Crippen LogP contribution in [0.4, 0.5) is 0 Å². The first-order valence-electron chi connectivity index (χ1n) is 39.2. The number of carboxylic acid groups (broad SMARTS) is 2. The summed E-state index contributed by atoms with van der Waals surface area (Å²) < 4.78 is 0. The number of hydrogen-bond acceptors (Lipinski definition) is 21. The van der Waals surface area contributed by atoms with Gasteiger partial charge in [0.2, 0.25) is 82.7 Å². The molecular weight excluding hydrogens is 1530 g/mol. The lowest BCUT2D eigenvalue weighted by Gasteiger charge is -2.31. The molecule has 0 saturated carbocycles. The van der Waals surface area contributed by atoms with Gasteiger partial charge in [-0.1, -0.05) is 72.2 Å². The molecule has 2 aromatic carbocycles. The molecule has 2 aromatic rings. The number of aliphatic imine (C=N–C) groups is 2. The van der Waals surface area contributed by atoms with E-state index < -0.39 is 192 Å². The standard InChI is InChI=1S/C76H119N21O20/c1-8-41(6)61(72(114)95-56(74(116)117)35-40(4)5)96-70(112)54(37-44-20-24-46(99)25-21-44)91-62(104)42(7)85-63(105)47(15-11-31-83-75(79)80)87-64(106)48(16-12-32-84-76(81)82)89-71(113)57-17-13-33-97(57)73(115)51(14-9-10-30-77)90-69(111)55(38-58(78)100)94-66(108)50(27-29-60(102)103)88-68(110)53(36-43-18-22-45(98)23-19-43)93-67(109)52(34-39(2)3)92-65(107)49-26-28-59(101)86-49/h18-25,39-42,47-57,61,98-99H,8-17,26-38,77H2,1-7H3,(H2,78,100)(H,85,105)(H,86,101)(H,87,106)(H,88,110)(H,89,113)(H,90,111)(H,91,104)(H,92,107)(H,93,109)(H,94,108)(H,95,114)(H,96,112)(H,102,103)(H,116,117)(H4,79,80,83)(H4,81,82,84)/t41-,42-,47-,48-,49-,50-,51-,52-,53-,54-,55-,56-,57-,61-/m0/s1. The van der Waals surface area contributed by atoms with Crippen LogP contribution in [0, 0.1) is 17.8 Å². The third kappa shape index (κ3) is 34.6. The number of guanidine groups is 2. The second-order valence-corrected chi connectivity index (χ2v) is 30.1. The molecule has 41 nitrogen and oxygen atoms in total. The summed E-state index contributed by atoms with van der Waals surface area (Å²) in [6.07, 6.45) is -1.98. The Bertz CT molecular complexity index is 3820. The number of carbonyl (C=O) groups is 16. The maximum atomic E-state index is 15.0. The van der Waals surface area contributed by atoms with Gasteiger partial charge in [0.25, 0.3) is 0 Å². The zero-order valence-corrected chi connectivity index (χ0v) is 67.2. The molecule has 2 saturated heterocycles. The number of carboxylic acids is 2. The topological polar surface area (TPSA) is 682 Å². The summed E-state index contributed by atoms with van der Waals surface area (Å²) in [5.74, 6) is -17.3. The van der Waals surface area contributed by atoms with Crippen LogP contribution in [-0.4, -0.2) is 237 Å². The first-order chi connectivity index (χ1) is 55.2. The Labute approximate surface area is 678 Å². The lowest BCUT2D eigenvalue weighted by Crippen LogP contribution is -2.61. The van der Waals surface area contributed by atoms with E-state index >= 15 is 0 Å². The second-order valence-electron chi connectivity index (χ2n) is 30.1. The number of benzene rings is 2. The van der Waals surface area contributed by atoms with Crippen molar-refractivity contribution in [3.63, 3.8) is 0 Å². The molecule has 117 heavy (non-hydrogen) atoms. The molecule has 0 bridgehead atoms. The van der Waals surface area contributed by atoms with Gasteiger partial charge in [0, 0.05) is 45.3 Å². The Kier molecular flexibility index (Phi) is 40.9. The first kappa shape index (κ1) is 97.4. The quantitative estimate of drug-likeness (QED) is 0.0169. The average Bonchev–Trinajstić information content (AvgIpc) is 1.75. The fourth-order valence-electron chi connectivity index (χ4n) is 12.9. The predicted molar refractivity (Wildman–Crippen MR) is 426 cm³/mol. The fourth-order valence-corrected chi connectivity index (χ4v) is 12.9. The lowest BCUT2D eigenvalue weighted by atomic mass is 9.96. The van der Waals surface area contributed by atoms with Crippen molar-refractivity contribution in [2.45, 2.75) is 249 Å². The third-order valence-corrected chi connectivity index (χ3v) is 19.4. The molecule has 0 spiro atoms. The van der Waals surface area contributed by atoms with E-state index in [2.05, 4.69) is 73.8 Å². The highest BCUT2D eigenvalue weighted by Crippen LogP contribution is 2.23. The molecule has 28 N–H and O–H groups in total. The second kappa shape index (κ2) is 49.1. The van der Waals surface area contributed by atoms with Crippen molar-refractivity contribution < 1.29 is 97.1 Å². The molecule has 0 aliphatic carbocycles. The Hall–Kier alpha value is -11.9. The number of amides is 14. The van der Waals surface area contributed by atoms with Crippen molar-refractivity contribution in [1.29, 1.82) is 0 Å². The molecule has 41 heteroatoms. The summed E-state index contributed by atoms with van der Waals surface area (Å²) in [5, 5.41) is 70.6. The minimum Gasteiger partial charge on any atom is -0.508 e. The Morgan fingerprint density at radius 3 is 1.42 bits per heavy atom. The van der Waals surface area contributed by atoms with E-state index in [1.54, 1.807) is 41.5 Å². The number of hydrogen-bond donors (Lipinski definition) is 22. The molecule has 14 amide bonds. The smallest absolute Gasteiger partial charge is 0.326 e. The number of aromatic hydroxyl groups is 2. The number of phenols is 2. The fraction of sp³-hybridized carbons (Fsp3) is 0.605. The first-order valence-corrected chi connectivity index (χ1v) is 39.2. The average molecular weight is 1650 g/mol. The zero-order chi connectivity index (χ0) is 87.3. The van der Waals surface area contributed by atoms with Gasteiger partial charge in [0.05, 0.1) is 6.42 Å². The van der Waals surface area contributed by atoms with Gasteiger partial charge in [0.1, 0.15) is 90.0 Å². The van der Waals surface area contributed by atoms with Crippen LogP contribution in [0.1, 0.15) is 169 Å². The Balaban J connectivity index is 1.63. The maximum absolute atomic E-state index is 15.0. The lowest BCUT2D eigenvalue weighted by molar-refractivity contribution is -0.143. The van der Waals surface area contributed by atoms with Crippen LogP contribution in [0.25, 0.3) is 0 Å². The van der Waals surface area contributed by atoms with Crippen LogP contribution in [0.2, 0.25) is 0 Å². The van der Waals surface area contributed by atoms with Gasteiger partial charge < -0.3 is 124 Å². The van der Waals surface area contributed by atoms with Gasteiger partial charge in [-0.25, -0.2) is 4.79 Å². The van der Waals surface area contributed by atoms with Crippen molar-refractivity contribution in [1.82, 2.24) is 68.7 Å². The Morgan fingerprint density at radius 2 is 0.932 bits per heavy atom. The van der Waals surface area contributed by atoms with Gasteiger partial charge in [-0.05, 0) is 150 Å². The molecule has 2 heterocycles. The van der Waals surface area contributed by atoms with Gasteiger partial charge >= 0.3 is 11.9 Å². The summed E-state index contributed by atoms with van der Waals surface area (Å²) in [6.45, 7) is 11.7. The number of phenolic OH excluding ortho intramolecular Hbond substituents is 2. The van der Waals surface area contributed by atoms with Crippen LogP contribution in [0.3, 0.4) is 0 Å². The Morgan fingerprint density at radius 1 is 0.496 bits per heavy atom. The van der Waals surface area contributed by atoms with Gasteiger partial charge in [-0.15, -0.1) is 0 Å². The largest absolute Gasteiger partial charge is 0.508 e. The number of unbranched alkanes of at least 4 members (excludes halogenated alkanes) is 1. The van der Waals surface area contributed by atoms with Crippen LogP contribution < -0.4 is 98.2 Å². The molecule has 2 aliphatic rings. The minimum atomic E-state index is -1.93. The molecule has 14 atom stereocenters. The molecule has 4 rings (SSSR count). The molecule has 2 aliphatic heterocycles. The zero-order valence-electron chi connectivity index (χ0n) is 67.2. The number of nitrogens with zero attached hydrogens (tertiary/aromatic N) is 3. The third-order valence-electron chi connectivity index (χ3n) is 19.4. The van der Waals surface area contributed by atoms with Crippen LogP contribution in [0.15, 0.2) is 58.5 Å². The number of aliphatic carboxylic acids is 2. The molecule has 648 valence electrons. The van der Waals surface area contributed by atoms with Crippen LogP contribution in [-0.2, 0) is 89.6 Å². The number of nitrogens with two attached hydrogens (primary N) is 6. The van der Waals surface area contributed by atoms with Crippen molar-refractivity contribution in [3.05, 3.63) is 59.7 Å². The number of primary amides is 1. The molecular formula is C76H119N21O20. The SMILES string of the molecule is CC[C@H](C)[C@H](NC(=O)[C@H](Cc1ccc(O)cc1)NC(=O)[C@H](C)NC(=O)[C@H](CCCN=C(N)N)NC(=O)[C@H](CCCN=C(N)N)NC(=O)[C@@H]1CCCN1C(=O)[C@H](CCCCN)NC(=O)[C@H](CC(N)=O)NC(=O)[C@H](CCC(=O)O)NC(=O)[C@H](Cc1ccc(O)cc1)NC(=O)[C@H](CC(C)C)NC(=O)[C@@H]1CCC(=O)N1)C(=O)N[C@@H](CC(C)C)C(=O)O. The number of rotatable bonds is 51. The summed E-state index contributed by atoms with van der Waals surface area (Å²) in [7, 11) is 0.